The summed E-state index contributed by atoms with van der Waals surface area (Å²) < 4.78 is 17.2. The maximum Gasteiger partial charge on any atom is 0.300 e. The molecule has 1 unspecified atom stereocenters. The largest absolute Gasteiger partial charge is 0.507 e. The molecule has 39 heavy (non-hydrogen) atoms. The molecule has 1 N–H and O–H groups in total. The Morgan fingerprint density at radius 2 is 1.77 bits per heavy atom. The van der Waals surface area contributed by atoms with Crippen LogP contribution >= 0.6 is 0 Å². The van der Waals surface area contributed by atoms with Crippen LogP contribution in [0.4, 0.5) is 11.4 Å². The third-order valence-electron chi connectivity index (χ3n) is 6.94. The van der Waals surface area contributed by atoms with Crippen LogP contribution < -0.4 is 24.0 Å². The fourth-order valence-electron chi connectivity index (χ4n) is 5.10. The number of hydrogen-bond donors (Lipinski definition) is 1. The van der Waals surface area contributed by atoms with E-state index in [1.165, 1.54) is 4.90 Å². The predicted molar refractivity (Wildman–Crippen MR) is 150 cm³/mol. The second-order valence-corrected chi connectivity index (χ2v) is 9.53. The molecule has 3 aromatic carbocycles. The van der Waals surface area contributed by atoms with Crippen molar-refractivity contribution in [3.8, 4) is 17.2 Å². The number of Topliss-reactive ketones (excluding diaryl/α,β-unsaturated/α-hetero) is 1. The number of aliphatic hydroxyl groups excluding tert-OH is 1. The number of fused-ring (bicyclic) bond motifs is 1. The average molecular weight is 529 g/mol. The smallest absolute Gasteiger partial charge is 0.300 e. The highest BCUT2D eigenvalue weighted by Crippen LogP contribution is 2.45. The normalized spacial score (nSPS) is 18.1. The first-order chi connectivity index (χ1) is 18.8. The fraction of sp³-hybridized carbons (Fsp3) is 0.290. The first-order valence-electron chi connectivity index (χ1n) is 13.1. The highest BCUT2D eigenvalue weighted by Gasteiger charge is 2.47. The molecule has 0 aromatic heterocycles. The molecule has 2 aliphatic rings. The summed E-state index contributed by atoms with van der Waals surface area (Å²) in [6, 6.07) is 17.2. The van der Waals surface area contributed by atoms with E-state index in [1.807, 2.05) is 57.0 Å². The summed E-state index contributed by atoms with van der Waals surface area (Å²) in [5.41, 5.74) is 3.40. The third-order valence-corrected chi connectivity index (χ3v) is 6.94. The first-order valence-corrected chi connectivity index (χ1v) is 13.1. The van der Waals surface area contributed by atoms with E-state index in [4.69, 9.17) is 14.2 Å². The van der Waals surface area contributed by atoms with E-state index >= 15 is 0 Å². The number of ketones is 1. The van der Waals surface area contributed by atoms with E-state index < -0.39 is 17.7 Å². The highest BCUT2D eigenvalue weighted by atomic mass is 16.5. The molecular formula is C31H32N2O6. The third kappa shape index (κ3) is 4.78. The number of amides is 1. The Balaban J connectivity index is 1.68. The van der Waals surface area contributed by atoms with Gasteiger partial charge in [-0.2, -0.15) is 0 Å². The summed E-state index contributed by atoms with van der Waals surface area (Å²) >= 11 is 0. The van der Waals surface area contributed by atoms with E-state index in [2.05, 4.69) is 0 Å². The lowest BCUT2D eigenvalue weighted by molar-refractivity contribution is -0.132. The van der Waals surface area contributed by atoms with Crippen molar-refractivity contribution in [3.05, 3.63) is 82.9 Å². The molecular weight excluding hydrogens is 496 g/mol. The summed E-state index contributed by atoms with van der Waals surface area (Å²) in [5, 5.41) is 11.6. The van der Waals surface area contributed by atoms with Crippen LogP contribution in [0.2, 0.25) is 0 Å². The van der Waals surface area contributed by atoms with Gasteiger partial charge in [-0.1, -0.05) is 29.8 Å². The Morgan fingerprint density at radius 1 is 1.00 bits per heavy atom. The summed E-state index contributed by atoms with van der Waals surface area (Å²) in [7, 11) is 1.94. The second kappa shape index (κ2) is 10.7. The van der Waals surface area contributed by atoms with Gasteiger partial charge in [0.2, 0.25) is 0 Å². The van der Waals surface area contributed by atoms with Gasteiger partial charge in [-0.25, -0.2) is 0 Å². The highest BCUT2D eigenvalue weighted by molar-refractivity contribution is 6.51. The average Bonchev–Trinajstić information content (AvgIpc) is 3.20. The zero-order valence-electron chi connectivity index (χ0n) is 22.6. The number of ether oxygens (including phenoxy) is 3. The Hall–Kier alpha value is -4.46. The van der Waals surface area contributed by atoms with Gasteiger partial charge < -0.3 is 24.2 Å². The zero-order valence-corrected chi connectivity index (χ0v) is 22.6. The fourth-order valence-corrected chi connectivity index (χ4v) is 5.10. The van der Waals surface area contributed by atoms with Crippen LogP contribution in [0.1, 0.15) is 36.6 Å². The van der Waals surface area contributed by atoms with Crippen LogP contribution in [0.3, 0.4) is 0 Å². The van der Waals surface area contributed by atoms with Gasteiger partial charge in [-0.3, -0.25) is 14.5 Å². The van der Waals surface area contributed by atoms with E-state index in [0.717, 1.165) is 11.3 Å². The van der Waals surface area contributed by atoms with Crippen molar-refractivity contribution in [1.82, 2.24) is 0 Å². The molecule has 0 saturated carbocycles. The molecule has 1 atom stereocenters. The number of anilines is 2. The molecule has 2 aliphatic heterocycles. The topological polar surface area (TPSA) is 88.5 Å². The van der Waals surface area contributed by atoms with Crippen LogP contribution in [-0.2, 0) is 9.59 Å². The minimum Gasteiger partial charge on any atom is -0.507 e. The number of rotatable bonds is 7. The molecule has 202 valence electrons. The molecule has 0 bridgehead atoms. The van der Waals surface area contributed by atoms with Crippen LogP contribution in [0.25, 0.3) is 5.76 Å². The Bertz CT molecular complexity index is 1460. The van der Waals surface area contributed by atoms with Crippen molar-refractivity contribution in [1.29, 1.82) is 0 Å². The zero-order chi connectivity index (χ0) is 27.7. The Labute approximate surface area is 228 Å². The quantitative estimate of drug-likeness (QED) is 0.255. The van der Waals surface area contributed by atoms with E-state index in [0.29, 0.717) is 60.4 Å². The summed E-state index contributed by atoms with van der Waals surface area (Å²) in [6.07, 6.45) is 0. The van der Waals surface area contributed by atoms with Gasteiger partial charge in [0.25, 0.3) is 11.7 Å². The predicted octanol–water partition coefficient (Wildman–Crippen LogP) is 5.25. The van der Waals surface area contributed by atoms with E-state index in [-0.39, 0.29) is 11.3 Å². The van der Waals surface area contributed by atoms with Gasteiger partial charge in [0.05, 0.1) is 37.1 Å². The molecule has 0 spiro atoms. The summed E-state index contributed by atoms with van der Waals surface area (Å²) in [6.45, 7) is 7.81. The van der Waals surface area contributed by atoms with Crippen LogP contribution in [0.5, 0.6) is 17.2 Å². The standard InChI is InChI=1S/C31H32N2O6/c1-5-37-25-13-11-22(18-26(25)38-6-2)33-28(20-9-7-8-19(3)16-20)27(30(35)31(33)36)29(34)21-10-12-24-23(17-21)32(4)14-15-39-24/h7-13,16-18,28,34H,5-6,14-15H2,1-4H3/b29-27-. The van der Waals surface area contributed by atoms with Gasteiger partial charge in [0.1, 0.15) is 18.1 Å². The summed E-state index contributed by atoms with van der Waals surface area (Å²) in [5.74, 6) is 0.00170. The second-order valence-electron chi connectivity index (χ2n) is 9.53. The van der Waals surface area contributed by atoms with Crippen molar-refractivity contribution in [2.45, 2.75) is 26.8 Å². The Morgan fingerprint density at radius 3 is 2.51 bits per heavy atom. The van der Waals surface area contributed by atoms with Gasteiger partial charge in [0.15, 0.2) is 11.5 Å². The minimum atomic E-state index is -0.845. The van der Waals surface area contributed by atoms with Crippen LogP contribution in [-0.4, -0.2) is 50.2 Å². The number of carbonyl (C=O) groups is 2. The molecule has 2 heterocycles. The maximum atomic E-state index is 13.6. The number of nitrogens with zero attached hydrogens (tertiary/aromatic N) is 2. The number of aryl methyl sites for hydroxylation is 1. The number of aliphatic hydroxyl groups is 1. The molecule has 1 amide bonds. The number of carbonyl (C=O) groups excluding carboxylic acids is 2. The minimum absolute atomic E-state index is 0.0248. The molecule has 3 aromatic rings. The van der Waals surface area contributed by atoms with Gasteiger partial charge in [-0.05, 0) is 56.7 Å². The van der Waals surface area contributed by atoms with E-state index in [9.17, 15) is 14.7 Å². The Kier molecular flexibility index (Phi) is 7.19. The molecule has 1 fully saturated rings. The maximum absolute atomic E-state index is 13.6. The molecule has 5 rings (SSSR count). The van der Waals surface area contributed by atoms with Crippen molar-refractivity contribution in [2.75, 3.05) is 43.2 Å². The van der Waals surface area contributed by atoms with Crippen molar-refractivity contribution in [2.24, 2.45) is 0 Å². The van der Waals surface area contributed by atoms with Gasteiger partial charge in [0, 0.05) is 24.4 Å². The molecule has 0 radical (unpaired) electrons. The lowest BCUT2D eigenvalue weighted by Crippen LogP contribution is -2.29. The molecule has 1 saturated heterocycles. The van der Waals surface area contributed by atoms with Crippen LogP contribution in [0.15, 0.2) is 66.2 Å². The van der Waals surface area contributed by atoms with E-state index in [1.54, 1.807) is 36.4 Å². The monoisotopic (exact) mass is 528 g/mol. The lowest BCUT2D eigenvalue weighted by Gasteiger charge is -2.28. The van der Waals surface area contributed by atoms with Crippen molar-refractivity contribution >= 4 is 28.8 Å². The molecule has 8 nitrogen and oxygen atoms in total. The first kappa shape index (κ1) is 26.2. The number of likely N-dealkylation sites (N-methyl/N-ethyl adjacent to an activating group) is 1. The molecule has 8 heteroatoms. The lowest BCUT2D eigenvalue weighted by atomic mass is 9.94. The van der Waals surface area contributed by atoms with Gasteiger partial charge in [-0.15, -0.1) is 0 Å². The molecule has 0 aliphatic carbocycles. The SMILES string of the molecule is CCOc1ccc(N2C(=O)C(=O)/C(=C(\O)c3ccc4c(c3)N(C)CCO4)C2c2cccc(C)c2)cc1OCC. The summed E-state index contributed by atoms with van der Waals surface area (Å²) in [4.78, 5) is 30.7. The van der Waals surface area contributed by atoms with Crippen LogP contribution in [0, 0.1) is 6.92 Å². The number of benzene rings is 3. The van der Waals surface area contributed by atoms with Crippen molar-refractivity contribution < 1.29 is 28.9 Å². The van der Waals surface area contributed by atoms with Crippen molar-refractivity contribution in [3.63, 3.8) is 0 Å². The van der Waals surface area contributed by atoms with Gasteiger partial charge >= 0.3 is 0 Å². The number of hydrogen-bond acceptors (Lipinski definition) is 7.